The van der Waals surface area contributed by atoms with Gasteiger partial charge in [0, 0.05) is 12.1 Å². The zero-order chi connectivity index (χ0) is 16.0. The third-order valence-corrected chi connectivity index (χ3v) is 2.68. The van der Waals surface area contributed by atoms with Crippen molar-refractivity contribution in [2.45, 2.75) is 19.0 Å². The van der Waals surface area contributed by atoms with Crippen LogP contribution in [0.5, 0.6) is 0 Å². The topological polar surface area (TPSA) is 84.2 Å². The molecule has 5 nitrogen and oxygen atoms in total. The number of nitrogens with two attached hydrogens (primary N) is 1. The van der Waals surface area contributed by atoms with Crippen LogP contribution in [0, 0.1) is 0 Å². The normalized spacial score (nSPS) is 11.1. The van der Waals surface area contributed by atoms with Gasteiger partial charge in [-0.2, -0.15) is 13.2 Å². The number of amides is 2. The first-order chi connectivity index (χ1) is 9.74. The van der Waals surface area contributed by atoms with Crippen molar-refractivity contribution in [1.82, 2.24) is 0 Å². The number of anilines is 2. The second kappa shape index (κ2) is 7.28. The molecule has 0 aliphatic rings. The van der Waals surface area contributed by atoms with Crippen LogP contribution in [0.3, 0.4) is 0 Å². The van der Waals surface area contributed by atoms with Crippen LogP contribution in [0.4, 0.5) is 24.5 Å². The molecule has 1 aromatic carbocycles. The molecule has 0 heterocycles. The zero-order valence-electron chi connectivity index (χ0n) is 10.8. The number of halogens is 4. The lowest BCUT2D eigenvalue weighted by Crippen LogP contribution is -2.30. The second-order valence-electron chi connectivity index (χ2n) is 4.09. The van der Waals surface area contributed by atoms with Crippen LogP contribution in [0.15, 0.2) is 18.2 Å². The molecule has 4 N–H and O–H groups in total. The molecule has 0 saturated heterocycles. The minimum atomic E-state index is -5.00. The Morgan fingerprint density at radius 1 is 1.24 bits per heavy atom. The lowest BCUT2D eigenvalue weighted by atomic mass is 10.2. The predicted molar refractivity (Wildman–Crippen MR) is 73.1 cm³/mol. The number of alkyl halides is 3. The molecule has 0 saturated carbocycles. The molecule has 1 rings (SSSR count). The van der Waals surface area contributed by atoms with E-state index in [0.29, 0.717) is 18.7 Å². The number of carbonyl (C=O) groups is 2. The van der Waals surface area contributed by atoms with E-state index in [4.69, 9.17) is 17.3 Å². The lowest BCUT2D eigenvalue weighted by molar-refractivity contribution is -0.167. The average Bonchev–Trinajstić information content (AvgIpc) is 2.38. The lowest BCUT2D eigenvalue weighted by Gasteiger charge is -2.11. The summed E-state index contributed by atoms with van der Waals surface area (Å²) in [6.45, 7) is 0.372. The molecule has 0 fully saturated rings. The van der Waals surface area contributed by atoms with Gasteiger partial charge in [0.1, 0.15) is 0 Å². The van der Waals surface area contributed by atoms with E-state index in [2.05, 4.69) is 5.32 Å². The van der Waals surface area contributed by atoms with Gasteiger partial charge in [-0.05, 0) is 31.2 Å². The van der Waals surface area contributed by atoms with Crippen LogP contribution < -0.4 is 16.4 Å². The largest absolute Gasteiger partial charge is 0.471 e. The van der Waals surface area contributed by atoms with Gasteiger partial charge in [0.05, 0.1) is 10.7 Å². The van der Waals surface area contributed by atoms with Crippen molar-refractivity contribution >= 4 is 34.8 Å². The summed E-state index contributed by atoms with van der Waals surface area (Å²) in [7, 11) is 0. The maximum atomic E-state index is 12.1. The van der Waals surface area contributed by atoms with Crippen molar-refractivity contribution in [3.05, 3.63) is 23.2 Å². The molecule has 0 atom stereocenters. The molecule has 9 heteroatoms. The predicted octanol–water partition coefficient (Wildman–Crippen LogP) is 2.52. The first-order valence-electron chi connectivity index (χ1n) is 5.91. The van der Waals surface area contributed by atoms with E-state index in [1.807, 2.05) is 0 Å². The van der Waals surface area contributed by atoms with Crippen molar-refractivity contribution < 1.29 is 22.8 Å². The van der Waals surface area contributed by atoms with Gasteiger partial charge in [0.15, 0.2) is 0 Å². The highest BCUT2D eigenvalue weighted by molar-refractivity contribution is 6.34. The maximum absolute atomic E-state index is 12.1. The van der Waals surface area contributed by atoms with Crippen LogP contribution in [0.2, 0.25) is 5.02 Å². The van der Waals surface area contributed by atoms with Crippen LogP contribution in [0.1, 0.15) is 12.8 Å². The van der Waals surface area contributed by atoms with Gasteiger partial charge < -0.3 is 16.4 Å². The molecule has 0 bridgehead atoms. The molecule has 0 aliphatic heterocycles. The maximum Gasteiger partial charge on any atom is 0.471 e. The first-order valence-corrected chi connectivity index (χ1v) is 6.29. The number of hydrogen-bond donors (Lipinski definition) is 3. The summed E-state index contributed by atoms with van der Waals surface area (Å²) in [4.78, 5) is 22.2. The van der Waals surface area contributed by atoms with E-state index in [1.165, 1.54) is 18.2 Å². The van der Waals surface area contributed by atoms with Crippen molar-refractivity contribution in [3.8, 4) is 0 Å². The Balaban J connectivity index is 2.72. The summed E-state index contributed by atoms with van der Waals surface area (Å²) < 4.78 is 36.3. The minimum Gasteiger partial charge on any atom is -0.330 e. The fourth-order valence-corrected chi connectivity index (χ4v) is 1.60. The molecule has 0 spiro atoms. The van der Waals surface area contributed by atoms with Crippen LogP contribution in [-0.4, -0.2) is 24.5 Å². The van der Waals surface area contributed by atoms with Gasteiger partial charge in [-0.1, -0.05) is 11.6 Å². The van der Waals surface area contributed by atoms with E-state index in [9.17, 15) is 22.8 Å². The Kier molecular flexibility index (Phi) is 5.98. The minimum absolute atomic E-state index is 0.121. The fourth-order valence-electron chi connectivity index (χ4n) is 1.37. The first kappa shape index (κ1) is 17.3. The molecule has 0 unspecified atom stereocenters. The Hall–Kier alpha value is -1.80. The molecule has 0 aliphatic carbocycles. The van der Waals surface area contributed by atoms with Crippen LogP contribution in [-0.2, 0) is 9.59 Å². The van der Waals surface area contributed by atoms with Crippen molar-refractivity contribution in [3.63, 3.8) is 0 Å². The molecular weight excluding hydrogens is 311 g/mol. The Morgan fingerprint density at radius 2 is 1.90 bits per heavy atom. The van der Waals surface area contributed by atoms with Crippen molar-refractivity contribution in [2.75, 3.05) is 17.2 Å². The summed E-state index contributed by atoms with van der Waals surface area (Å²) in [5.41, 5.74) is 5.38. The third-order valence-electron chi connectivity index (χ3n) is 2.37. The van der Waals surface area contributed by atoms with Gasteiger partial charge in [0.2, 0.25) is 5.91 Å². The SMILES string of the molecule is NCCCC(=O)Nc1ccc(NC(=O)C(F)(F)F)c(Cl)c1. The Bertz CT molecular complexity index is 535. The van der Waals surface area contributed by atoms with Gasteiger partial charge in [0.25, 0.3) is 0 Å². The monoisotopic (exact) mass is 323 g/mol. The number of nitrogens with one attached hydrogen (secondary N) is 2. The van der Waals surface area contributed by atoms with E-state index in [1.54, 1.807) is 5.32 Å². The fraction of sp³-hybridized carbons (Fsp3) is 0.333. The van der Waals surface area contributed by atoms with Crippen molar-refractivity contribution in [1.29, 1.82) is 0 Å². The summed E-state index contributed by atoms with van der Waals surface area (Å²) in [6.07, 6.45) is -4.27. The number of rotatable bonds is 5. The highest BCUT2D eigenvalue weighted by Crippen LogP contribution is 2.27. The second-order valence-corrected chi connectivity index (χ2v) is 4.49. The van der Waals surface area contributed by atoms with Crippen molar-refractivity contribution in [2.24, 2.45) is 5.73 Å². The van der Waals surface area contributed by atoms with E-state index in [-0.39, 0.29) is 23.0 Å². The molecule has 1 aromatic rings. The smallest absolute Gasteiger partial charge is 0.330 e. The molecule has 21 heavy (non-hydrogen) atoms. The zero-order valence-corrected chi connectivity index (χ0v) is 11.5. The molecule has 2 amide bonds. The quantitative estimate of drug-likeness (QED) is 0.778. The Labute approximate surface area is 123 Å². The van der Waals surface area contributed by atoms with E-state index >= 15 is 0 Å². The molecule has 0 aromatic heterocycles. The molecule has 116 valence electrons. The van der Waals surface area contributed by atoms with Gasteiger partial charge in [-0.15, -0.1) is 0 Å². The highest BCUT2D eigenvalue weighted by Gasteiger charge is 2.38. The number of hydrogen-bond acceptors (Lipinski definition) is 3. The number of benzene rings is 1. The van der Waals surface area contributed by atoms with Crippen LogP contribution >= 0.6 is 11.6 Å². The van der Waals surface area contributed by atoms with E-state index < -0.39 is 12.1 Å². The summed E-state index contributed by atoms with van der Waals surface area (Å²) in [5, 5.41) is 4.03. The summed E-state index contributed by atoms with van der Waals surface area (Å²) in [6, 6.07) is 3.75. The Morgan fingerprint density at radius 3 is 2.43 bits per heavy atom. The van der Waals surface area contributed by atoms with Gasteiger partial charge in [-0.3, -0.25) is 9.59 Å². The van der Waals surface area contributed by atoms with E-state index in [0.717, 1.165) is 0 Å². The highest BCUT2D eigenvalue weighted by atomic mass is 35.5. The van der Waals surface area contributed by atoms with Gasteiger partial charge >= 0.3 is 12.1 Å². The third kappa shape index (κ3) is 5.60. The summed E-state index contributed by atoms with van der Waals surface area (Å²) >= 11 is 5.76. The number of carbonyl (C=O) groups excluding carboxylic acids is 2. The van der Waals surface area contributed by atoms with Gasteiger partial charge in [-0.25, -0.2) is 0 Å². The van der Waals surface area contributed by atoms with Crippen LogP contribution in [0.25, 0.3) is 0 Å². The average molecular weight is 324 g/mol. The molecule has 0 radical (unpaired) electrons. The standard InChI is InChI=1S/C12H13ClF3N3O2/c13-8-6-7(18-10(20)2-1-5-17)3-4-9(8)19-11(21)12(14,15)16/h3-4,6H,1-2,5,17H2,(H,18,20)(H,19,21). The summed E-state index contributed by atoms with van der Waals surface area (Å²) in [5.74, 6) is -2.41. The molecular formula is C12H13ClF3N3O2.